The third-order valence-corrected chi connectivity index (χ3v) is 10.6. The fourth-order valence-corrected chi connectivity index (χ4v) is 6.52. The van der Waals surface area contributed by atoms with E-state index in [4.69, 9.17) is 4.42 Å². The van der Waals surface area contributed by atoms with Gasteiger partial charge in [-0.2, -0.15) is 0 Å². The molecule has 0 N–H and O–H groups in total. The van der Waals surface area contributed by atoms with Gasteiger partial charge in [0.25, 0.3) is 0 Å². The first-order valence-corrected chi connectivity index (χ1v) is 13.7. The van der Waals surface area contributed by atoms with E-state index in [-0.39, 0.29) is 42.6 Å². The molecule has 1 aliphatic rings. The van der Waals surface area contributed by atoms with Gasteiger partial charge >= 0.3 is 202 Å². The van der Waals surface area contributed by atoms with Gasteiger partial charge in [-0.25, -0.2) is 0 Å². The van der Waals surface area contributed by atoms with E-state index in [0.29, 0.717) is 0 Å². The summed E-state index contributed by atoms with van der Waals surface area (Å²) < 4.78 is 9.55. The minimum absolute atomic E-state index is 0.0231. The normalized spacial score (nSPS) is 16.5. The number of rotatable bonds is 2. The first kappa shape index (κ1) is 26.2. The van der Waals surface area contributed by atoms with Gasteiger partial charge in [0.1, 0.15) is 0 Å². The van der Waals surface area contributed by atoms with E-state index in [9.17, 15) is 0 Å². The molecule has 2 heteroatoms. The molecule has 0 aliphatic carbocycles. The Kier molecular flexibility index (Phi) is 7.62. The number of hydrogen-bond donors (Lipinski definition) is 0. The van der Waals surface area contributed by atoms with Crippen molar-refractivity contribution in [1.82, 2.24) is 0 Å². The van der Waals surface area contributed by atoms with Crippen LogP contribution in [-0.2, 0) is 10.8 Å². The van der Waals surface area contributed by atoms with Crippen molar-refractivity contribution in [3.05, 3.63) is 66.3 Å². The van der Waals surface area contributed by atoms with E-state index in [1.54, 1.807) is 7.24 Å². The Morgan fingerprint density at radius 1 is 0.645 bits per heavy atom. The summed E-state index contributed by atoms with van der Waals surface area (Å²) in [4.78, 5) is 0. The molecule has 1 nitrogen and oxygen atoms in total. The topological polar surface area (TPSA) is 11.3 Å². The average Bonchev–Trinajstić information content (AvgIpc) is 2.58. The summed E-state index contributed by atoms with van der Waals surface area (Å²) in [5.74, 6) is 2.06. The van der Waals surface area contributed by atoms with E-state index in [1.165, 1.54) is 11.1 Å². The first-order chi connectivity index (χ1) is 13.9. The summed E-state index contributed by atoms with van der Waals surface area (Å²) in [6, 6.07) is 4.37. The van der Waals surface area contributed by atoms with Gasteiger partial charge in [-0.15, -0.1) is 0 Å². The molecule has 0 amide bonds. The van der Waals surface area contributed by atoms with E-state index < -0.39 is 0 Å². The first-order valence-electron chi connectivity index (χ1n) is 11.4. The fourth-order valence-electron chi connectivity index (χ4n) is 2.98. The van der Waals surface area contributed by atoms with Crippen molar-refractivity contribution in [1.29, 1.82) is 0 Å². The van der Waals surface area contributed by atoms with Gasteiger partial charge in [-0.3, -0.25) is 0 Å². The van der Waals surface area contributed by atoms with Crippen LogP contribution in [0.15, 0.2) is 53.7 Å². The molecule has 2 rings (SSSR count). The second kappa shape index (κ2) is 9.03. The molecule has 0 atom stereocenters. The minimum atomic E-state index is -0.283. The molecular weight excluding hydrogens is 492 g/mol. The zero-order chi connectivity index (χ0) is 23.8. The molecule has 2 heterocycles. The van der Waals surface area contributed by atoms with Crippen molar-refractivity contribution < 1.29 is 4.42 Å². The fraction of sp³-hybridized carbons (Fsp3) is 0.552. The van der Waals surface area contributed by atoms with Crippen LogP contribution in [0.4, 0.5) is 0 Å². The van der Waals surface area contributed by atoms with E-state index in [1.807, 2.05) is 0 Å². The van der Waals surface area contributed by atoms with Gasteiger partial charge < -0.3 is 0 Å². The summed E-state index contributed by atoms with van der Waals surface area (Å²) in [5.41, 5.74) is 2.94. The summed E-state index contributed by atoms with van der Waals surface area (Å²) in [6.07, 6.45) is 11.5. The van der Waals surface area contributed by atoms with E-state index in [0.717, 1.165) is 11.5 Å². The predicted octanol–water partition coefficient (Wildman–Crippen LogP) is 8.67. The molecule has 31 heavy (non-hydrogen) atoms. The van der Waals surface area contributed by atoms with Gasteiger partial charge in [0, 0.05) is 0 Å². The summed E-state index contributed by atoms with van der Waals surface area (Å²) in [5, 5.41) is 0. The second-order valence-corrected chi connectivity index (χ2v) is 15.9. The van der Waals surface area contributed by atoms with Gasteiger partial charge in [0.05, 0.1) is 0 Å². The number of allylic oxidation sites excluding steroid dienone is 7. The molecule has 1 aromatic rings. The van der Waals surface area contributed by atoms with E-state index in [2.05, 4.69) is 126 Å². The zero-order valence-electron chi connectivity index (χ0n) is 21.9. The van der Waals surface area contributed by atoms with Crippen LogP contribution >= 0.6 is 0 Å². The quantitative estimate of drug-likeness (QED) is 0.273. The van der Waals surface area contributed by atoms with E-state index >= 15 is 0 Å². The third-order valence-electron chi connectivity index (χ3n) is 5.17. The molecule has 0 saturated carbocycles. The monoisotopic (exact) mass is 537 g/mol. The Balaban J connectivity index is 2.47. The molecule has 0 saturated heterocycles. The summed E-state index contributed by atoms with van der Waals surface area (Å²) >= 11 is -0.283. The summed E-state index contributed by atoms with van der Waals surface area (Å²) in [6.45, 7) is 27.3. The van der Waals surface area contributed by atoms with Gasteiger partial charge in [-0.05, 0) is 0 Å². The van der Waals surface area contributed by atoms with Crippen LogP contribution in [0.1, 0.15) is 100 Å². The molecule has 1 aliphatic heterocycles. The van der Waals surface area contributed by atoms with Crippen molar-refractivity contribution in [2.45, 2.75) is 93.9 Å². The Bertz CT molecular complexity index is 863. The van der Waals surface area contributed by atoms with Crippen LogP contribution < -0.4 is 0 Å². The Morgan fingerprint density at radius 2 is 1.06 bits per heavy atom. The van der Waals surface area contributed by atoms with Crippen molar-refractivity contribution in [2.24, 2.45) is 10.8 Å². The standard InChI is InChI=1S/C29H43OTe/c1-26(2,3)22-16-20(17-23(30-22)27(4,5)6)14-13-15-21-18-24(28(7,8)9)31-25(19-21)29(10,11)12/h13-19H,1-12H3/q+1. The molecule has 0 fully saturated rings. The maximum absolute atomic E-state index is 6.28. The molecule has 0 radical (unpaired) electrons. The second-order valence-electron chi connectivity index (χ2n) is 12.8. The Hall–Kier alpha value is -1.10. The molecule has 0 spiro atoms. The zero-order valence-corrected chi connectivity index (χ0v) is 24.2. The van der Waals surface area contributed by atoms with Crippen molar-refractivity contribution in [3.63, 3.8) is 0 Å². The molecule has 1 aromatic heterocycles. The van der Waals surface area contributed by atoms with Gasteiger partial charge in [0.2, 0.25) is 0 Å². The Labute approximate surface area is 201 Å². The predicted molar refractivity (Wildman–Crippen MR) is 138 cm³/mol. The number of hydrogen-bond acceptors (Lipinski definition) is 0. The Morgan fingerprint density at radius 3 is 1.42 bits per heavy atom. The van der Waals surface area contributed by atoms with Crippen LogP contribution in [0.5, 0.6) is 0 Å². The van der Waals surface area contributed by atoms with Crippen molar-refractivity contribution in [3.8, 4) is 0 Å². The molecule has 170 valence electrons. The average molecular weight is 535 g/mol. The van der Waals surface area contributed by atoms with Crippen LogP contribution in [0.25, 0.3) is 6.08 Å². The summed E-state index contributed by atoms with van der Waals surface area (Å²) in [7, 11) is 0. The van der Waals surface area contributed by atoms with Gasteiger partial charge in [0.15, 0.2) is 0 Å². The van der Waals surface area contributed by atoms with Crippen LogP contribution in [0, 0.1) is 10.8 Å². The molecule has 0 aromatic carbocycles. The molecule has 0 unspecified atom stereocenters. The molecular formula is C29H43OTe+. The van der Waals surface area contributed by atoms with Gasteiger partial charge in [-0.1, -0.05) is 0 Å². The third kappa shape index (κ3) is 7.47. The van der Waals surface area contributed by atoms with Crippen LogP contribution in [0.2, 0.25) is 0 Å². The SMILES string of the molecule is CC(C)(C)C1=CC(=CC=Cc2cc(C(C)(C)C)[o+]c(C(C)(C)C)c2)C=C(C(C)(C)C)[Te]1. The van der Waals surface area contributed by atoms with Crippen LogP contribution in [-0.4, -0.2) is 20.9 Å². The van der Waals surface area contributed by atoms with Crippen molar-refractivity contribution >= 4 is 27.0 Å². The van der Waals surface area contributed by atoms with Crippen molar-refractivity contribution in [2.75, 3.05) is 0 Å². The molecule has 0 bridgehead atoms. The van der Waals surface area contributed by atoms with Crippen LogP contribution in [0.3, 0.4) is 0 Å². The maximum atomic E-state index is 6.28.